The van der Waals surface area contributed by atoms with E-state index < -0.39 is 35.6 Å². The van der Waals surface area contributed by atoms with Crippen molar-refractivity contribution in [1.29, 1.82) is 0 Å². The van der Waals surface area contributed by atoms with E-state index >= 15 is 0 Å². The lowest BCUT2D eigenvalue weighted by Gasteiger charge is -2.36. The zero-order chi connectivity index (χ0) is 27.4. The number of ketones is 1. The van der Waals surface area contributed by atoms with Crippen LogP contribution in [0.15, 0.2) is 29.4 Å². The van der Waals surface area contributed by atoms with E-state index in [0.717, 1.165) is 19.3 Å². The van der Waals surface area contributed by atoms with Gasteiger partial charge >= 0.3 is 5.97 Å². The highest BCUT2D eigenvalue weighted by Gasteiger charge is 2.52. The quantitative estimate of drug-likeness (QED) is 0.331. The standard InChI is InChI=1S/C29H43NO7/c1-7-8-11-22-26(33)18(2)10-9-14-29(6)24(37-29)15-21(13-12-20-17-35-19(3)30-20)36-25(32)16-23(31)28(4,5)27(22)34/h7,12-13,17-18,21-24,26,31,33H,1,8-11,14-16H2,2-6H3. The monoisotopic (exact) mass is 517 g/mol. The minimum absolute atomic E-state index is 0.0783. The lowest BCUT2D eigenvalue weighted by Crippen LogP contribution is -2.46. The average Bonchev–Trinajstić information content (AvgIpc) is 3.26. The number of esters is 1. The van der Waals surface area contributed by atoms with E-state index in [1.165, 1.54) is 6.26 Å². The molecule has 206 valence electrons. The summed E-state index contributed by atoms with van der Waals surface area (Å²) in [5.41, 5.74) is -0.959. The van der Waals surface area contributed by atoms with Gasteiger partial charge in [0.15, 0.2) is 5.89 Å². The number of Topliss-reactive ketones (excluding diaryl/α,β-unsaturated/α-hetero) is 1. The second kappa shape index (κ2) is 12.0. The first-order valence-corrected chi connectivity index (χ1v) is 13.4. The number of oxazole rings is 1. The number of aromatic nitrogens is 1. The molecule has 8 heteroatoms. The van der Waals surface area contributed by atoms with Gasteiger partial charge in [-0.25, -0.2) is 4.98 Å². The van der Waals surface area contributed by atoms with Crippen LogP contribution < -0.4 is 0 Å². The number of epoxide rings is 1. The van der Waals surface area contributed by atoms with E-state index in [1.807, 2.05) is 13.8 Å². The molecule has 7 unspecified atom stereocenters. The topological polar surface area (TPSA) is 122 Å². The fraction of sp³-hybridized carbons (Fsp3) is 0.690. The number of carbonyl (C=O) groups excluding carboxylic acids is 2. The van der Waals surface area contributed by atoms with Crippen LogP contribution in [0.3, 0.4) is 0 Å². The number of aliphatic hydroxyl groups is 2. The van der Waals surface area contributed by atoms with E-state index in [-0.39, 0.29) is 29.8 Å². The van der Waals surface area contributed by atoms with Crippen molar-refractivity contribution in [2.75, 3.05) is 0 Å². The van der Waals surface area contributed by atoms with Crippen molar-refractivity contribution in [2.24, 2.45) is 17.3 Å². The molecule has 0 amide bonds. The molecule has 3 rings (SSSR count). The van der Waals surface area contributed by atoms with Crippen molar-refractivity contribution in [3.8, 4) is 0 Å². The summed E-state index contributed by atoms with van der Waals surface area (Å²) in [4.78, 5) is 30.8. The molecule has 7 atom stereocenters. The Balaban J connectivity index is 1.84. The maximum absolute atomic E-state index is 13.6. The Morgan fingerprint density at radius 1 is 1.24 bits per heavy atom. The summed E-state index contributed by atoms with van der Waals surface area (Å²) in [5.74, 6) is -1.09. The van der Waals surface area contributed by atoms with E-state index in [2.05, 4.69) is 11.6 Å². The van der Waals surface area contributed by atoms with Crippen LogP contribution in [0.25, 0.3) is 6.08 Å². The molecule has 1 aromatic rings. The molecular weight excluding hydrogens is 474 g/mol. The fourth-order valence-electron chi connectivity index (χ4n) is 5.22. The molecule has 0 bridgehead atoms. The van der Waals surface area contributed by atoms with E-state index in [4.69, 9.17) is 13.9 Å². The van der Waals surface area contributed by atoms with Crippen LogP contribution >= 0.6 is 0 Å². The van der Waals surface area contributed by atoms with Crippen molar-refractivity contribution >= 4 is 17.8 Å². The Kier molecular flexibility index (Phi) is 9.53. The normalized spacial score (nSPS) is 35.6. The summed E-state index contributed by atoms with van der Waals surface area (Å²) in [6.07, 6.45) is 7.49. The number of fused-ring (bicyclic) bond motifs is 1. The number of allylic oxidation sites excluding steroid dienone is 1. The smallest absolute Gasteiger partial charge is 0.309 e. The van der Waals surface area contributed by atoms with Gasteiger partial charge in [0.25, 0.3) is 0 Å². The molecule has 0 saturated carbocycles. The summed E-state index contributed by atoms with van der Waals surface area (Å²) in [6, 6.07) is 0. The lowest BCUT2D eigenvalue weighted by molar-refractivity contribution is -0.154. The van der Waals surface area contributed by atoms with Crippen molar-refractivity contribution in [3.63, 3.8) is 0 Å². The first-order valence-electron chi connectivity index (χ1n) is 13.4. The van der Waals surface area contributed by atoms with Gasteiger partial charge in [-0.3, -0.25) is 9.59 Å². The minimum atomic E-state index is -1.26. The van der Waals surface area contributed by atoms with Gasteiger partial charge in [-0.1, -0.05) is 33.3 Å². The highest BCUT2D eigenvalue weighted by molar-refractivity contribution is 5.88. The van der Waals surface area contributed by atoms with Crippen LogP contribution in [0.5, 0.6) is 0 Å². The van der Waals surface area contributed by atoms with E-state index in [0.29, 0.717) is 30.8 Å². The van der Waals surface area contributed by atoms with Crippen LogP contribution in [0.2, 0.25) is 0 Å². The van der Waals surface area contributed by atoms with Crippen LogP contribution in [0, 0.1) is 24.2 Å². The number of ether oxygens (including phenoxy) is 2. The number of hydrogen-bond acceptors (Lipinski definition) is 8. The van der Waals surface area contributed by atoms with Crippen LogP contribution in [0.4, 0.5) is 0 Å². The third-order valence-corrected chi connectivity index (χ3v) is 8.06. The summed E-state index contributed by atoms with van der Waals surface area (Å²) >= 11 is 0. The summed E-state index contributed by atoms with van der Waals surface area (Å²) in [7, 11) is 0. The second-order valence-corrected chi connectivity index (χ2v) is 11.5. The Bertz CT molecular complexity index is 983. The molecule has 0 spiro atoms. The summed E-state index contributed by atoms with van der Waals surface area (Å²) in [6.45, 7) is 12.8. The Labute approximate surface area is 220 Å². The molecule has 2 saturated heterocycles. The highest BCUT2D eigenvalue weighted by atomic mass is 16.6. The van der Waals surface area contributed by atoms with Gasteiger partial charge in [-0.2, -0.15) is 0 Å². The minimum Gasteiger partial charge on any atom is -0.458 e. The highest BCUT2D eigenvalue weighted by Crippen LogP contribution is 2.44. The number of aliphatic hydroxyl groups excluding tert-OH is 2. The third-order valence-electron chi connectivity index (χ3n) is 8.06. The van der Waals surface area contributed by atoms with Crippen LogP contribution in [0.1, 0.15) is 84.2 Å². The van der Waals surface area contributed by atoms with E-state index in [1.54, 1.807) is 39.0 Å². The molecule has 0 radical (unpaired) electrons. The zero-order valence-electron chi connectivity index (χ0n) is 22.8. The maximum Gasteiger partial charge on any atom is 0.309 e. The lowest BCUT2D eigenvalue weighted by atomic mass is 9.71. The molecule has 2 N–H and O–H groups in total. The van der Waals surface area contributed by atoms with Gasteiger partial charge < -0.3 is 24.1 Å². The molecule has 1 aromatic heterocycles. The molecule has 0 aliphatic carbocycles. The average molecular weight is 518 g/mol. The predicted octanol–water partition coefficient (Wildman–Crippen LogP) is 4.57. The van der Waals surface area contributed by atoms with Gasteiger partial charge in [-0.15, -0.1) is 6.58 Å². The first kappa shape index (κ1) is 29.3. The van der Waals surface area contributed by atoms with Crippen molar-refractivity contribution in [3.05, 3.63) is 36.6 Å². The summed E-state index contributed by atoms with van der Waals surface area (Å²) < 4.78 is 17.0. The molecule has 2 fully saturated rings. The van der Waals surface area contributed by atoms with Crippen molar-refractivity contribution in [2.45, 2.75) is 110 Å². The van der Waals surface area contributed by atoms with Gasteiger partial charge in [0, 0.05) is 19.3 Å². The number of aryl methyl sites for hydroxylation is 1. The van der Waals surface area contributed by atoms with E-state index in [9.17, 15) is 19.8 Å². The third kappa shape index (κ3) is 7.39. The van der Waals surface area contributed by atoms with Gasteiger partial charge in [-0.05, 0) is 50.7 Å². The number of hydrogen-bond donors (Lipinski definition) is 2. The maximum atomic E-state index is 13.6. The molecule has 2 aliphatic heterocycles. The zero-order valence-corrected chi connectivity index (χ0v) is 22.8. The Morgan fingerprint density at radius 2 is 1.97 bits per heavy atom. The van der Waals surface area contributed by atoms with Gasteiger partial charge in [0.2, 0.25) is 0 Å². The molecule has 37 heavy (non-hydrogen) atoms. The Hall–Kier alpha value is -2.29. The van der Waals surface area contributed by atoms with Crippen molar-refractivity contribution in [1.82, 2.24) is 4.98 Å². The predicted molar refractivity (Wildman–Crippen MR) is 139 cm³/mol. The molecule has 8 nitrogen and oxygen atoms in total. The number of carbonyl (C=O) groups is 2. The fourth-order valence-corrected chi connectivity index (χ4v) is 5.22. The Morgan fingerprint density at radius 3 is 2.62 bits per heavy atom. The van der Waals surface area contributed by atoms with Crippen LogP contribution in [-0.2, 0) is 19.1 Å². The largest absolute Gasteiger partial charge is 0.458 e. The molecular formula is C29H43NO7. The molecule has 0 aromatic carbocycles. The molecule has 3 heterocycles. The number of nitrogens with zero attached hydrogens (tertiary/aromatic N) is 1. The van der Waals surface area contributed by atoms with Gasteiger partial charge in [0.05, 0.1) is 35.7 Å². The van der Waals surface area contributed by atoms with Crippen molar-refractivity contribution < 1.29 is 33.7 Å². The molecule has 2 aliphatic rings. The number of cyclic esters (lactones) is 1. The second-order valence-electron chi connectivity index (χ2n) is 11.5. The van der Waals surface area contributed by atoms with Crippen LogP contribution in [-0.4, -0.2) is 57.0 Å². The first-order chi connectivity index (χ1) is 17.4. The SMILES string of the molecule is C=CCCC1C(=O)C(C)(C)C(O)CC(=O)OC(C=Cc2coc(C)n2)CC2OC2(C)CCCC(C)C1O. The summed E-state index contributed by atoms with van der Waals surface area (Å²) in [5, 5.41) is 22.2. The number of rotatable bonds is 5. The van der Waals surface area contributed by atoms with Gasteiger partial charge in [0.1, 0.15) is 23.8 Å².